The molecule has 3 heteroatoms. The maximum atomic E-state index is 5.71. The van der Waals surface area contributed by atoms with Crippen LogP contribution in [-0.4, -0.2) is 25.0 Å². The number of rotatable bonds is 7. The van der Waals surface area contributed by atoms with Crippen LogP contribution in [0.3, 0.4) is 0 Å². The minimum atomic E-state index is 0.832. The van der Waals surface area contributed by atoms with Crippen molar-refractivity contribution >= 4 is 0 Å². The summed E-state index contributed by atoms with van der Waals surface area (Å²) in [5.74, 6) is 2.04. The van der Waals surface area contributed by atoms with Crippen LogP contribution in [0.2, 0.25) is 0 Å². The normalized spacial score (nSPS) is 11.0. The highest BCUT2D eigenvalue weighted by Crippen LogP contribution is 2.15. The second-order valence-electron chi connectivity index (χ2n) is 4.06. The standard InChI is InChI=1S/C13H22N2O/c1-5-7-15(4)10-13-8-12(9-14-6-2)11(3)16-13/h5,8,14H,1,6-7,9-10H2,2-4H3. The molecule has 0 bridgehead atoms. The fourth-order valence-corrected chi connectivity index (χ4v) is 1.65. The zero-order valence-electron chi connectivity index (χ0n) is 10.5. The molecule has 1 aromatic rings. The Bertz CT molecular complexity index is 331. The summed E-state index contributed by atoms with van der Waals surface area (Å²) in [6, 6.07) is 2.14. The average molecular weight is 222 g/mol. The molecule has 0 aliphatic rings. The zero-order valence-corrected chi connectivity index (χ0v) is 10.5. The molecular weight excluding hydrogens is 200 g/mol. The van der Waals surface area contributed by atoms with Gasteiger partial charge < -0.3 is 9.73 Å². The molecule has 0 saturated heterocycles. The van der Waals surface area contributed by atoms with Crippen molar-refractivity contribution in [1.29, 1.82) is 0 Å². The van der Waals surface area contributed by atoms with Crippen LogP contribution in [0, 0.1) is 6.92 Å². The topological polar surface area (TPSA) is 28.4 Å². The molecule has 1 rings (SSSR count). The minimum Gasteiger partial charge on any atom is -0.465 e. The second kappa shape index (κ2) is 6.51. The van der Waals surface area contributed by atoms with Gasteiger partial charge in [-0.05, 0) is 26.6 Å². The minimum absolute atomic E-state index is 0.832. The van der Waals surface area contributed by atoms with Gasteiger partial charge in [0, 0.05) is 18.7 Å². The molecule has 1 heterocycles. The zero-order chi connectivity index (χ0) is 12.0. The second-order valence-corrected chi connectivity index (χ2v) is 4.06. The van der Waals surface area contributed by atoms with Crippen molar-refractivity contribution < 1.29 is 4.42 Å². The van der Waals surface area contributed by atoms with E-state index >= 15 is 0 Å². The van der Waals surface area contributed by atoms with Crippen molar-refractivity contribution in [3.8, 4) is 0 Å². The van der Waals surface area contributed by atoms with Crippen LogP contribution in [0.4, 0.5) is 0 Å². The van der Waals surface area contributed by atoms with Crippen molar-refractivity contribution in [3.05, 3.63) is 35.8 Å². The molecule has 0 spiro atoms. The Morgan fingerprint density at radius 3 is 2.94 bits per heavy atom. The molecule has 0 aliphatic carbocycles. The van der Waals surface area contributed by atoms with Crippen LogP contribution >= 0.6 is 0 Å². The lowest BCUT2D eigenvalue weighted by Crippen LogP contribution is -2.17. The van der Waals surface area contributed by atoms with Crippen molar-refractivity contribution in [2.24, 2.45) is 0 Å². The summed E-state index contributed by atoms with van der Waals surface area (Å²) >= 11 is 0. The van der Waals surface area contributed by atoms with E-state index in [1.807, 2.05) is 13.0 Å². The van der Waals surface area contributed by atoms with Gasteiger partial charge in [0.1, 0.15) is 11.5 Å². The average Bonchev–Trinajstić information content (AvgIpc) is 2.56. The van der Waals surface area contributed by atoms with Gasteiger partial charge in [-0.2, -0.15) is 0 Å². The number of nitrogens with one attached hydrogen (secondary N) is 1. The first-order valence-corrected chi connectivity index (χ1v) is 5.75. The highest BCUT2D eigenvalue weighted by Gasteiger charge is 2.08. The van der Waals surface area contributed by atoms with E-state index in [-0.39, 0.29) is 0 Å². The van der Waals surface area contributed by atoms with Gasteiger partial charge in [-0.15, -0.1) is 6.58 Å². The van der Waals surface area contributed by atoms with Crippen LogP contribution in [0.1, 0.15) is 24.0 Å². The van der Waals surface area contributed by atoms with Crippen LogP contribution in [0.5, 0.6) is 0 Å². The molecular formula is C13H22N2O. The van der Waals surface area contributed by atoms with Crippen molar-refractivity contribution in [2.75, 3.05) is 20.1 Å². The molecule has 1 N–H and O–H groups in total. The van der Waals surface area contributed by atoms with Crippen molar-refractivity contribution in [3.63, 3.8) is 0 Å². The highest BCUT2D eigenvalue weighted by molar-refractivity contribution is 5.20. The summed E-state index contributed by atoms with van der Waals surface area (Å²) in [5.41, 5.74) is 1.25. The molecule has 0 aliphatic heterocycles. The number of nitrogens with zero attached hydrogens (tertiary/aromatic N) is 1. The van der Waals surface area contributed by atoms with Gasteiger partial charge in [-0.25, -0.2) is 0 Å². The Balaban J connectivity index is 2.57. The summed E-state index contributed by atoms with van der Waals surface area (Å²) < 4.78 is 5.71. The Kier molecular flexibility index (Phi) is 5.29. The Morgan fingerprint density at radius 2 is 2.31 bits per heavy atom. The van der Waals surface area contributed by atoms with Crippen LogP contribution in [0.25, 0.3) is 0 Å². The molecule has 0 radical (unpaired) electrons. The van der Waals surface area contributed by atoms with Crippen LogP contribution < -0.4 is 5.32 Å². The summed E-state index contributed by atoms with van der Waals surface area (Å²) in [4.78, 5) is 2.17. The molecule has 16 heavy (non-hydrogen) atoms. The quantitative estimate of drug-likeness (QED) is 0.718. The molecule has 0 aromatic carbocycles. The van der Waals surface area contributed by atoms with Gasteiger partial charge in [0.25, 0.3) is 0 Å². The lowest BCUT2D eigenvalue weighted by atomic mass is 10.2. The van der Waals surface area contributed by atoms with E-state index in [0.717, 1.165) is 37.7 Å². The van der Waals surface area contributed by atoms with E-state index in [1.165, 1.54) is 5.56 Å². The molecule has 0 atom stereocenters. The van der Waals surface area contributed by atoms with Crippen molar-refractivity contribution in [1.82, 2.24) is 10.2 Å². The Labute approximate surface area is 98.1 Å². The SMILES string of the molecule is C=CCN(C)Cc1cc(CNCC)c(C)o1. The predicted octanol–water partition coefficient (Wildman–Crippen LogP) is 2.32. The van der Waals surface area contributed by atoms with Gasteiger partial charge >= 0.3 is 0 Å². The van der Waals surface area contributed by atoms with E-state index in [1.54, 1.807) is 0 Å². The summed E-state index contributed by atoms with van der Waals surface area (Å²) in [7, 11) is 2.06. The largest absolute Gasteiger partial charge is 0.465 e. The third kappa shape index (κ3) is 3.83. The maximum Gasteiger partial charge on any atom is 0.118 e. The van der Waals surface area contributed by atoms with Gasteiger partial charge in [-0.3, -0.25) is 4.90 Å². The van der Waals surface area contributed by atoms with Crippen LogP contribution in [-0.2, 0) is 13.1 Å². The number of aryl methyl sites for hydroxylation is 1. The van der Waals surface area contributed by atoms with E-state index in [0.29, 0.717) is 0 Å². The Morgan fingerprint density at radius 1 is 1.56 bits per heavy atom. The molecule has 3 nitrogen and oxygen atoms in total. The fourth-order valence-electron chi connectivity index (χ4n) is 1.65. The van der Waals surface area contributed by atoms with E-state index < -0.39 is 0 Å². The lowest BCUT2D eigenvalue weighted by molar-refractivity contribution is 0.319. The molecule has 0 fully saturated rings. The van der Waals surface area contributed by atoms with Gasteiger partial charge in [0.2, 0.25) is 0 Å². The lowest BCUT2D eigenvalue weighted by Gasteiger charge is -2.11. The van der Waals surface area contributed by atoms with E-state index in [2.05, 4.69) is 36.8 Å². The van der Waals surface area contributed by atoms with Gasteiger partial charge in [0.05, 0.1) is 6.54 Å². The smallest absolute Gasteiger partial charge is 0.118 e. The first-order chi connectivity index (χ1) is 7.67. The highest BCUT2D eigenvalue weighted by atomic mass is 16.3. The summed E-state index contributed by atoms with van der Waals surface area (Å²) in [6.45, 7) is 11.4. The fraction of sp³-hybridized carbons (Fsp3) is 0.538. The first kappa shape index (κ1) is 13.0. The monoisotopic (exact) mass is 222 g/mol. The third-order valence-electron chi connectivity index (χ3n) is 2.50. The molecule has 90 valence electrons. The number of hydrogen-bond donors (Lipinski definition) is 1. The van der Waals surface area contributed by atoms with E-state index in [4.69, 9.17) is 4.42 Å². The molecule has 0 saturated carbocycles. The maximum absolute atomic E-state index is 5.71. The third-order valence-corrected chi connectivity index (χ3v) is 2.50. The van der Waals surface area contributed by atoms with Crippen LogP contribution in [0.15, 0.2) is 23.1 Å². The summed E-state index contributed by atoms with van der Waals surface area (Å²) in [6.07, 6.45) is 1.90. The van der Waals surface area contributed by atoms with Crippen molar-refractivity contribution in [2.45, 2.75) is 26.9 Å². The molecule has 0 amide bonds. The van der Waals surface area contributed by atoms with Gasteiger partial charge in [-0.1, -0.05) is 13.0 Å². The number of likely N-dealkylation sites (N-methyl/N-ethyl adjacent to an activating group) is 1. The van der Waals surface area contributed by atoms with E-state index in [9.17, 15) is 0 Å². The number of furan rings is 1. The summed E-state index contributed by atoms with van der Waals surface area (Å²) in [5, 5.41) is 3.31. The predicted molar refractivity (Wildman–Crippen MR) is 67.4 cm³/mol. The number of hydrogen-bond acceptors (Lipinski definition) is 3. The molecule has 1 aromatic heterocycles. The Hall–Kier alpha value is -1.06. The molecule has 0 unspecified atom stereocenters. The van der Waals surface area contributed by atoms with Gasteiger partial charge in [0.15, 0.2) is 0 Å². The first-order valence-electron chi connectivity index (χ1n) is 5.75.